The van der Waals surface area contributed by atoms with Crippen LogP contribution in [-0.2, 0) is 22.3 Å². The summed E-state index contributed by atoms with van der Waals surface area (Å²) < 4.78 is 58.5. The van der Waals surface area contributed by atoms with Gasteiger partial charge in [0.05, 0.1) is 29.1 Å². The molecule has 3 aromatic rings. The summed E-state index contributed by atoms with van der Waals surface area (Å²) >= 11 is 0. The van der Waals surface area contributed by atoms with Crippen molar-refractivity contribution in [2.45, 2.75) is 24.7 Å². The van der Waals surface area contributed by atoms with Gasteiger partial charge in [-0.2, -0.15) is 13.2 Å². The van der Waals surface area contributed by atoms with Gasteiger partial charge in [-0.05, 0) is 42.0 Å². The van der Waals surface area contributed by atoms with Crippen LogP contribution in [0.1, 0.15) is 27.9 Å². The molecule has 200 valence electrons. The van der Waals surface area contributed by atoms with Gasteiger partial charge in [0.25, 0.3) is 5.91 Å². The van der Waals surface area contributed by atoms with E-state index in [-0.39, 0.29) is 30.8 Å². The van der Waals surface area contributed by atoms with E-state index in [9.17, 15) is 27.2 Å². The van der Waals surface area contributed by atoms with Gasteiger partial charge < -0.3 is 26.0 Å². The van der Waals surface area contributed by atoms with Gasteiger partial charge >= 0.3 is 6.18 Å². The number of aromatic nitrogens is 1. The van der Waals surface area contributed by atoms with Crippen LogP contribution in [0.5, 0.6) is 0 Å². The molecule has 1 atom stereocenters. The van der Waals surface area contributed by atoms with Crippen LogP contribution in [0.4, 0.5) is 34.6 Å². The molecular formula is C26H25F4N5O3. The largest absolute Gasteiger partial charge is 0.418 e. The highest BCUT2D eigenvalue weighted by molar-refractivity contribution is 5.99. The SMILES string of the molecule is CNc1cncc(C(=O)NC2(C(=O)NCc3ccc(Nc4ccc(F)cc4C(F)(F)F)cc3)CCOC2)c1. The van der Waals surface area contributed by atoms with Gasteiger partial charge in [-0.1, -0.05) is 12.1 Å². The summed E-state index contributed by atoms with van der Waals surface area (Å²) in [7, 11) is 1.70. The quantitative estimate of drug-likeness (QED) is 0.325. The van der Waals surface area contributed by atoms with E-state index in [1.165, 1.54) is 6.20 Å². The predicted molar refractivity (Wildman–Crippen MR) is 132 cm³/mol. The highest BCUT2D eigenvalue weighted by Crippen LogP contribution is 2.36. The first-order valence-corrected chi connectivity index (χ1v) is 11.6. The topological polar surface area (TPSA) is 104 Å². The molecule has 1 aromatic heterocycles. The van der Waals surface area contributed by atoms with E-state index in [0.29, 0.717) is 29.6 Å². The van der Waals surface area contributed by atoms with Crippen LogP contribution < -0.4 is 21.3 Å². The zero-order chi connectivity index (χ0) is 27.3. The van der Waals surface area contributed by atoms with Crippen LogP contribution in [0.15, 0.2) is 60.9 Å². The van der Waals surface area contributed by atoms with Gasteiger partial charge in [0.2, 0.25) is 5.91 Å². The molecular weight excluding hydrogens is 506 g/mol. The van der Waals surface area contributed by atoms with E-state index >= 15 is 0 Å². The Morgan fingerprint density at radius 1 is 1.05 bits per heavy atom. The standard InChI is InChI=1S/C26H25F4N5O3/c1-31-20-10-17(13-32-14-20)23(36)35-25(8-9-38-15-25)24(37)33-12-16-2-5-19(6-3-16)34-22-7-4-18(27)11-21(22)26(28,29)30/h2-7,10-11,13-14,31,34H,8-9,12,15H2,1H3,(H,33,37)(H,35,36). The van der Waals surface area contributed by atoms with E-state index in [0.717, 1.165) is 12.1 Å². The molecule has 0 saturated carbocycles. The summed E-state index contributed by atoms with van der Waals surface area (Å²) in [4.78, 5) is 30.0. The molecule has 4 N–H and O–H groups in total. The molecule has 0 spiro atoms. The molecule has 12 heteroatoms. The summed E-state index contributed by atoms with van der Waals surface area (Å²) in [6.07, 6.45) is -1.48. The third-order valence-corrected chi connectivity index (χ3v) is 6.07. The molecule has 4 rings (SSSR count). The molecule has 1 unspecified atom stereocenters. The molecule has 38 heavy (non-hydrogen) atoms. The third-order valence-electron chi connectivity index (χ3n) is 6.07. The monoisotopic (exact) mass is 531 g/mol. The van der Waals surface area contributed by atoms with E-state index in [2.05, 4.69) is 26.3 Å². The molecule has 2 aromatic carbocycles. The highest BCUT2D eigenvalue weighted by Gasteiger charge is 2.43. The predicted octanol–water partition coefficient (Wildman–Crippen LogP) is 4.23. The summed E-state index contributed by atoms with van der Waals surface area (Å²) in [6, 6.07) is 10.4. The van der Waals surface area contributed by atoms with Gasteiger partial charge in [-0.25, -0.2) is 4.39 Å². The fourth-order valence-corrected chi connectivity index (χ4v) is 3.96. The average Bonchev–Trinajstić information content (AvgIpc) is 3.38. The van der Waals surface area contributed by atoms with Gasteiger partial charge in [0.15, 0.2) is 0 Å². The van der Waals surface area contributed by atoms with Crippen LogP contribution in [0.25, 0.3) is 0 Å². The van der Waals surface area contributed by atoms with Gasteiger partial charge in [0.1, 0.15) is 11.4 Å². The number of anilines is 3. The molecule has 1 fully saturated rings. The van der Waals surface area contributed by atoms with Crippen molar-refractivity contribution in [3.05, 3.63) is 83.4 Å². The molecule has 0 aliphatic carbocycles. The molecule has 0 bridgehead atoms. The molecule has 8 nitrogen and oxygen atoms in total. The lowest BCUT2D eigenvalue weighted by Gasteiger charge is -2.27. The van der Waals surface area contributed by atoms with Crippen molar-refractivity contribution in [2.24, 2.45) is 0 Å². The highest BCUT2D eigenvalue weighted by atomic mass is 19.4. The van der Waals surface area contributed by atoms with Crippen molar-refractivity contribution in [3.63, 3.8) is 0 Å². The minimum absolute atomic E-state index is 0.00574. The van der Waals surface area contributed by atoms with Crippen LogP contribution in [0, 0.1) is 5.82 Å². The molecule has 1 aliphatic heterocycles. The number of carbonyl (C=O) groups is 2. The molecule has 2 heterocycles. The van der Waals surface area contributed by atoms with Crippen LogP contribution in [0.2, 0.25) is 0 Å². The number of hydrogen-bond donors (Lipinski definition) is 4. The van der Waals surface area contributed by atoms with Crippen molar-refractivity contribution in [2.75, 3.05) is 30.9 Å². The van der Waals surface area contributed by atoms with Gasteiger partial charge in [-0.3, -0.25) is 14.6 Å². The van der Waals surface area contributed by atoms with Crippen molar-refractivity contribution >= 4 is 28.9 Å². The summed E-state index contributed by atoms with van der Waals surface area (Å²) in [5.41, 5.74) is -0.708. The maximum absolute atomic E-state index is 13.3. The minimum Gasteiger partial charge on any atom is -0.387 e. The molecule has 1 saturated heterocycles. The van der Waals surface area contributed by atoms with Crippen LogP contribution >= 0.6 is 0 Å². The first kappa shape index (κ1) is 26.9. The Morgan fingerprint density at radius 3 is 2.47 bits per heavy atom. The Morgan fingerprint density at radius 2 is 1.82 bits per heavy atom. The lowest BCUT2D eigenvalue weighted by molar-refractivity contribution is -0.137. The van der Waals surface area contributed by atoms with E-state index in [1.54, 1.807) is 43.6 Å². The summed E-state index contributed by atoms with van der Waals surface area (Å²) in [5, 5.41) is 11.1. The zero-order valence-corrected chi connectivity index (χ0v) is 20.3. The third kappa shape index (κ3) is 6.20. The number of amides is 2. The van der Waals surface area contributed by atoms with E-state index in [1.807, 2.05) is 0 Å². The molecule has 1 aliphatic rings. The number of nitrogens with one attached hydrogen (secondary N) is 4. The fourth-order valence-electron chi connectivity index (χ4n) is 3.96. The van der Waals surface area contributed by atoms with Gasteiger partial charge in [-0.15, -0.1) is 0 Å². The number of carbonyl (C=O) groups excluding carboxylic acids is 2. The number of hydrogen-bond acceptors (Lipinski definition) is 6. The van der Waals surface area contributed by atoms with Crippen molar-refractivity contribution in [1.29, 1.82) is 0 Å². The lowest BCUT2D eigenvalue weighted by Crippen LogP contribution is -2.59. The number of ether oxygens (including phenoxy) is 1. The Kier molecular flexibility index (Phi) is 7.81. The molecule has 0 radical (unpaired) electrons. The van der Waals surface area contributed by atoms with Crippen LogP contribution in [0.3, 0.4) is 0 Å². The Balaban J connectivity index is 1.40. The second-order valence-electron chi connectivity index (χ2n) is 8.74. The van der Waals surface area contributed by atoms with Crippen molar-refractivity contribution in [3.8, 4) is 0 Å². The number of benzene rings is 2. The first-order valence-electron chi connectivity index (χ1n) is 11.6. The second-order valence-corrected chi connectivity index (χ2v) is 8.74. The number of nitrogens with zero attached hydrogens (tertiary/aromatic N) is 1. The second kappa shape index (κ2) is 11.1. The molecule has 2 amide bonds. The zero-order valence-electron chi connectivity index (χ0n) is 20.3. The number of alkyl halides is 3. The van der Waals surface area contributed by atoms with Crippen molar-refractivity contribution in [1.82, 2.24) is 15.6 Å². The fraction of sp³-hybridized carbons (Fsp3) is 0.269. The van der Waals surface area contributed by atoms with E-state index in [4.69, 9.17) is 4.74 Å². The normalized spacial score (nSPS) is 17.1. The van der Waals surface area contributed by atoms with Gasteiger partial charge in [0, 0.05) is 44.7 Å². The minimum atomic E-state index is -4.73. The summed E-state index contributed by atoms with van der Waals surface area (Å²) in [5.74, 6) is -1.88. The first-order chi connectivity index (χ1) is 18.1. The Hall–Kier alpha value is -4.19. The van der Waals surface area contributed by atoms with Crippen LogP contribution in [-0.4, -0.2) is 42.6 Å². The van der Waals surface area contributed by atoms with E-state index < -0.39 is 34.9 Å². The number of halogens is 4. The summed E-state index contributed by atoms with van der Waals surface area (Å²) in [6.45, 7) is 0.413. The Labute approximate surface area is 215 Å². The lowest BCUT2D eigenvalue weighted by atomic mass is 9.96. The van der Waals surface area contributed by atoms with Crippen molar-refractivity contribution < 1.29 is 31.9 Å². The number of rotatable bonds is 8. The maximum Gasteiger partial charge on any atom is 0.418 e. The smallest absolute Gasteiger partial charge is 0.387 e. The maximum atomic E-state index is 13.3. The number of pyridine rings is 1. The Bertz CT molecular complexity index is 1310. The average molecular weight is 532 g/mol.